The first-order valence-corrected chi connectivity index (χ1v) is 17.5. The first kappa shape index (κ1) is 43.5. The zero-order valence-electron chi connectivity index (χ0n) is 32.9. The Bertz CT molecular complexity index is 1880. The van der Waals surface area contributed by atoms with Gasteiger partial charge in [0.05, 0.1) is 19.8 Å². The van der Waals surface area contributed by atoms with Crippen LogP contribution in [0.2, 0.25) is 0 Å². The molecule has 0 unspecified atom stereocenters. The molecule has 296 valence electrons. The van der Waals surface area contributed by atoms with Crippen LogP contribution < -0.4 is 20.1 Å². The van der Waals surface area contributed by atoms with E-state index in [1.54, 1.807) is 84.0 Å². The lowest BCUT2D eigenvalue weighted by atomic mass is 9.91. The minimum atomic E-state index is -1.23. The van der Waals surface area contributed by atoms with Crippen molar-refractivity contribution in [2.45, 2.75) is 98.1 Å². The van der Waals surface area contributed by atoms with Crippen LogP contribution in [0.15, 0.2) is 60.7 Å². The quantitative estimate of drug-likeness (QED) is 0.0813. The van der Waals surface area contributed by atoms with E-state index in [1.165, 1.54) is 40.2 Å². The van der Waals surface area contributed by atoms with Gasteiger partial charge in [0.15, 0.2) is 5.78 Å². The SMILES string of the molecule is COC(=O)[C@H](Cc1cc(C(C)=O)c(OC)c(-c2cc(C[C@H](NC(=O)OC(C)(C)C)C(=O)OC(C)(C)C)ccc2OC(C)=O)c1)NC(=O)OCc1ccccc1. The number of benzene rings is 3. The molecule has 55 heavy (non-hydrogen) atoms. The molecule has 3 aromatic rings. The fourth-order valence-corrected chi connectivity index (χ4v) is 5.38. The molecule has 0 aromatic heterocycles. The molecule has 0 aliphatic rings. The summed E-state index contributed by atoms with van der Waals surface area (Å²) in [6, 6.07) is 14.4. The van der Waals surface area contributed by atoms with Crippen LogP contribution in [-0.4, -0.2) is 73.4 Å². The number of ketones is 1. The largest absolute Gasteiger partial charge is 0.495 e. The number of carbonyl (C=O) groups is 6. The number of esters is 3. The summed E-state index contributed by atoms with van der Waals surface area (Å²) >= 11 is 0. The zero-order chi connectivity index (χ0) is 41.1. The average molecular weight is 763 g/mol. The maximum absolute atomic E-state index is 13.4. The third kappa shape index (κ3) is 13.8. The number of carbonyl (C=O) groups excluding carboxylic acids is 6. The lowest BCUT2D eigenvalue weighted by Crippen LogP contribution is -2.47. The van der Waals surface area contributed by atoms with Gasteiger partial charge in [-0.2, -0.15) is 0 Å². The minimum absolute atomic E-state index is 0.0426. The van der Waals surface area contributed by atoms with Gasteiger partial charge in [-0.05, 0) is 89.4 Å². The Kier molecular flexibility index (Phi) is 14.9. The van der Waals surface area contributed by atoms with Gasteiger partial charge < -0.3 is 39.1 Å². The second-order valence-electron chi connectivity index (χ2n) is 14.6. The van der Waals surface area contributed by atoms with E-state index < -0.39 is 53.4 Å². The van der Waals surface area contributed by atoms with E-state index in [1.807, 2.05) is 6.07 Å². The first-order valence-electron chi connectivity index (χ1n) is 17.5. The topological polar surface area (TPSA) is 182 Å². The number of alkyl carbamates (subject to hydrolysis) is 2. The first-order chi connectivity index (χ1) is 25.7. The second-order valence-corrected chi connectivity index (χ2v) is 14.6. The molecule has 3 aromatic carbocycles. The summed E-state index contributed by atoms with van der Waals surface area (Å²) in [6.45, 7) is 12.7. The van der Waals surface area contributed by atoms with Crippen LogP contribution in [0.4, 0.5) is 9.59 Å². The van der Waals surface area contributed by atoms with E-state index in [-0.39, 0.29) is 53.4 Å². The van der Waals surface area contributed by atoms with Crippen molar-refractivity contribution in [3.8, 4) is 22.6 Å². The smallest absolute Gasteiger partial charge is 0.408 e. The van der Waals surface area contributed by atoms with E-state index in [2.05, 4.69) is 10.6 Å². The van der Waals surface area contributed by atoms with Crippen LogP contribution in [0.25, 0.3) is 11.1 Å². The summed E-state index contributed by atoms with van der Waals surface area (Å²) in [5.74, 6) is -2.30. The van der Waals surface area contributed by atoms with Gasteiger partial charge in [-0.25, -0.2) is 19.2 Å². The molecule has 0 saturated carbocycles. The lowest BCUT2D eigenvalue weighted by Gasteiger charge is -2.26. The molecule has 0 saturated heterocycles. The Morgan fingerprint density at radius 1 is 0.655 bits per heavy atom. The number of methoxy groups -OCH3 is 2. The summed E-state index contributed by atoms with van der Waals surface area (Å²) < 4.78 is 32.6. The highest BCUT2D eigenvalue weighted by atomic mass is 16.6. The van der Waals surface area contributed by atoms with E-state index in [4.69, 9.17) is 28.4 Å². The molecule has 14 heteroatoms. The molecule has 2 atom stereocenters. The monoisotopic (exact) mass is 762 g/mol. The molecule has 3 rings (SSSR count). The summed E-state index contributed by atoms with van der Waals surface area (Å²) in [5.41, 5.74) is 0.600. The van der Waals surface area contributed by atoms with Crippen LogP contribution in [0.5, 0.6) is 11.5 Å². The number of Topliss-reactive ketones (excluding diaryl/α,β-unsaturated/α-hetero) is 1. The highest BCUT2D eigenvalue weighted by molar-refractivity contribution is 6.00. The van der Waals surface area contributed by atoms with Crippen molar-refractivity contribution < 1.29 is 57.2 Å². The Labute approximate surface area is 321 Å². The average Bonchev–Trinajstić information content (AvgIpc) is 3.08. The Balaban J connectivity index is 2.12. The van der Waals surface area contributed by atoms with Gasteiger partial charge in [-0.3, -0.25) is 9.59 Å². The van der Waals surface area contributed by atoms with Crippen molar-refractivity contribution in [3.05, 3.63) is 82.9 Å². The standard InChI is InChI=1S/C41H50N2O12/c1-24(44)29-19-28(22-32(36(46)51-10)42-38(48)52-23-26-14-12-11-13-15-26)20-31(35(29)50-9)30-18-27(16-17-34(30)53-25(2)45)21-33(37(47)54-40(3,4)5)43-39(49)55-41(6,7)8/h11-20,32-33H,21-23H2,1-10H3,(H,42,48)(H,43,49)/t32-,33-/m0/s1. The number of rotatable bonds is 14. The summed E-state index contributed by atoms with van der Waals surface area (Å²) in [7, 11) is 2.54. The Morgan fingerprint density at radius 3 is 1.80 bits per heavy atom. The van der Waals surface area contributed by atoms with E-state index in [0.29, 0.717) is 11.1 Å². The maximum atomic E-state index is 13.4. The number of hydrogen-bond donors (Lipinski definition) is 2. The van der Waals surface area contributed by atoms with Crippen molar-refractivity contribution in [1.29, 1.82) is 0 Å². The van der Waals surface area contributed by atoms with Crippen molar-refractivity contribution in [1.82, 2.24) is 10.6 Å². The van der Waals surface area contributed by atoms with Crippen LogP contribution in [0.1, 0.15) is 82.4 Å². The fourth-order valence-electron chi connectivity index (χ4n) is 5.38. The predicted molar refractivity (Wildman–Crippen MR) is 202 cm³/mol. The Hall–Kier alpha value is -5.92. The van der Waals surface area contributed by atoms with Gasteiger partial charge >= 0.3 is 30.1 Å². The normalized spacial score (nSPS) is 12.3. The molecule has 2 amide bonds. The fraction of sp³-hybridized carbons (Fsp3) is 0.415. The molecule has 0 heterocycles. The number of amides is 2. The summed E-state index contributed by atoms with van der Waals surface area (Å²) in [5, 5.41) is 5.14. The molecule has 0 bridgehead atoms. The van der Waals surface area contributed by atoms with Crippen LogP contribution in [0.3, 0.4) is 0 Å². The van der Waals surface area contributed by atoms with Crippen LogP contribution in [-0.2, 0) is 52.8 Å². The van der Waals surface area contributed by atoms with Crippen LogP contribution >= 0.6 is 0 Å². The van der Waals surface area contributed by atoms with Crippen molar-refractivity contribution in [2.75, 3.05) is 14.2 Å². The molecule has 0 aliphatic carbocycles. The van der Waals surface area contributed by atoms with Gasteiger partial charge in [0.1, 0.15) is 41.4 Å². The molecule has 0 fully saturated rings. The number of ether oxygens (including phenoxy) is 6. The molecule has 0 radical (unpaired) electrons. The summed E-state index contributed by atoms with van der Waals surface area (Å²) in [4.78, 5) is 77.3. The van der Waals surface area contributed by atoms with E-state index in [9.17, 15) is 28.8 Å². The third-order valence-corrected chi connectivity index (χ3v) is 7.57. The zero-order valence-corrected chi connectivity index (χ0v) is 32.9. The maximum Gasteiger partial charge on any atom is 0.408 e. The Morgan fingerprint density at radius 2 is 1.24 bits per heavy atom. The summed E-state index contributed by atoms with van der Waals surface area (Å²) in [6.07, 6.45) is -1.93. The predicted octanol–water partition coefficient (Wildman–Crippen LogP) is 6.28. The third-order valence-electron chi connectivity index (χ3n) is 7.57. The van der Waals surface area contributed by atoms with Crippen molar-refractivity contribution in [3.63, 3.8) is 0 Å². The highest BCUT2D eigenvalue weighted by Gasteiger charge is 2.30. The van der Waals surface area contributed by atoms with Gasteiger partial charge in [0, 0.05) is 30.9 Å². The van der Waals surface area contributed by atoms with E-state index in [0.717, 1.165) is 5.56 Å². The molecular weight excluding hydrogens is 712 g/mol. The minimum Gasteiger partial charge on any atom is -0.495 e. The highest BCUT2D eigenvalue weighted by Crippen LogP contribution is 2.41. The lowest BCUT2D eigenvalue weighted by molar-refractivity contribution is -0.157. The molecule has 14 nitrogen and oxygen atoms in total. The van der Waals surface area contributed by atoms with Gasteiger partial charge in [-0.1, -0.05) is 36.4 Å². The van der Waals surface area contributed by atoms with Crippen LogP contribution in [0, 0.1) is 0 Å². The second kappa shape index (κ2) is 18.9. The molecule has 0 spiro atoms. The number of hydrogen-bond acceptors (Lipinski definition) is 12. The number of nitrogens with one attached hydrogen (secondary N) is 2. The van der Waals surface area contributed by atoms with Crippen molar-refractivity contribution in [2.24, 2.45) is 0 Å². The van der Waals surface area contributed by atoms with E-state index >= 15 is 0 Å². The van der Waals surface area contributed by atoms with Gasteiger partial charge in [-0.15, -0.1) is 0 Å². The van der Waals surface area contributed by atoms with Gasteiger partial charge in [0.25, 0.3) is 0 Å². The van der Waals surface area contributed by atoms with Crippen molar-refractivity contribution >= 4 is 35.9 Å². The van der Waals surface area contributed by atoms with Gasteiger partial charge in [0.2, 0.25) is 0 Å². The molecular formula is C41H50N2O12. The molecule has 0 aliphatic heterocycles. The molecule has 2 N–H and O–H groups in total.